The maximum atomic E-state index is 13.3. The molecule has 19 heavy (non-hydrogen) atoms. The van der Waals surface area contributed by atoms with Crippen LogP contribution in [0.4, 0.5) is 10.1 Å². The van der Waals surface area contributed by atoms with E-state index in [0.717, 1.165) is 18.4 Å². The van der Waals surface area contributed by atoms with E-state index in [1.807, 2.05) is 0 Å². The van der Waals surface area contributed by atoms with Crippen molar-refractivity contribution in [3.05, 3.63) is 29.6 Å². The van der Waals surface area contributed by atoms with Crippen molar-refractivity contribution in [3.8, 4) is 0 Å². The van der Waals surface area contributed by atoms with E-state index in [1.165, 1.54) is 31.4 Å². The predicted molar refractivity (Wildman–Crippen MR) is 78.8 cm³/mol. The minimum Gasteiger partial charge on any atom is -0.398 e. The van der Waals surface area contributed by atoms with E-state index in [1.54, 1.807) is 6.07 Å². The van der Waals surface area contributed by atoms with Crippen molar-refractivity contribution in [3.63, 3.8) is 0 Å². The van der Waals surface area contributed by atoms with Crippen molar-refractivity contribution in [2.24, 2.45) is 11.8 Å². The lowest BCUT2D eigenvalue weighted by atomic mass is 9.89. The van der Waals surface area contributed by atoms with E-state index >= 15 is 0 Å². The van der Waals surface area contributed by atoms with Crippen molar-refractivity contribution >= 4 is 5.69 Å². The lowest BCUT2D eigenvalue weighted by molar-refractivity contribution is 0.356. The molecule has 0 aliphatic carbocycles. The molecule has 0 radical (unpaired) electrons. The van der Waals surface area contributed by atoms with E-state index in [-0.39, 0.29) is 11.9 Å². The third-order valence-electron chi connectivity index (χ3n) is 3.74. The van der Waals surface area contributed by atoms with Crippen molar-refractivity contribution in [1.82, 2.24) is 5.43 Å². The molecule has 5 N–H and O–H groups in total. The van der Waals surface area contributed by atoms with E-state index in [2.05, 4.69) is 19.3 Å². The van der Waals surface area contributed by atoms with Crippen LogP contribution in [0.5, 0.6) is 0 Å². The van der Waals surface area contributed by atoms with E-state index < -0.39 is 0 Å². The van der Waals surface area contributed by atoms with Gasteiger partial charge in [-0.2, -0.15) is 0 Å². The Hall–Kier alpha value is -1.13. The molecular formula is C15H26FN3. The minimum absolute atomic E-state index is 0.0856. The molecule has 0 aliphatic heterocycles. The summed E-state index contributed by atoms with van der Waals surface area (Å²) in [5, 5.41) is 0. The van der Waals surface area contributed by atoms with E-state index in [0.29, 0.717) is 11.6 Å². The van der Waals surface area contributed by atoms with Gasteiger partial charge in [0, 0.05) is 11.7 Å². The highest BCUT2D eigenvalue weighted by Gasteiger charge is 2.18. The number of unbranched alkanes of at least 4 members (excludes halogenated alkanes) is 1. The summed E-state index contributed by atoms with van der Waals surface area (Å²) in [5.74, 6) is 5.94. The summed E-state index contributed by atoms with van der Waals surface area (Å²) >= 11 is 0. The van der Waals surface area contributed by atoms with Crippen LogP contribution in [0.3, 0.4) is 0 Å². The second-order valence-corrected chi connectivity index (χ2v) is 5.14. The molecule has 0 fully saturated rings. The smallest absolute Gasteiger partial charge is 0.123 e. The highest BCUT2D eigenvalue weighted by molar-refractivity contribution is 5.48. The van der Waals surface area contributed by atoms with Gasteiger partial charge >= 0.3 is 0 Å². The van der Waals surface area contributed by atoms with Gasteiger partial charge in [0.1, 0.15) is 5.82 Å². The van der Waals surface area contributed by atoms with Crippen LogP contribution < -0.4 is 17.0 Å². The Bertz CT molecular complexity index is 382. The summed E-state index contributed by atoms with van der Waals surface area (Å²) < 4.78 is 13.3. The van der Waals surface area contributed by atoms with E-state index in [4.69, 9.17) is 11.6 Å². The molecule has 0 amide bonds. The standard InChI is InChI=1S/C15H26FN3/c1-3-5-6-11(4-2)9-15(19-18)13-10-12(16)7-8-14(13)17/h7-8,10-11,15,19H,3-6,9,17-18H2,1-2H3. The average molecular weight is 267 g/mol. The Morgan fingerprint density at radius 2 is 2.05 bits per heavy atom. The second kappa shape index (κ2) is 8.12. The summed E-state index contributed by atoms with van der Waals surface area (Å²) in [4.78, 5) is 0. The second-order valence-electron chi connectivity index (χ2n) is 5.14. The average Bonchev–Trinajstić information content (AvgIpc) is 2.42. The van der Waals surface area contributed by atoms with Crippen LogP contribution >= 0.6 is 0 Å². The van der Waals surface area contributed by atoms with Crippen LogP contribution in [-0.2, 0) is 0 Å². The first-order chi connectivity index (χ1) is 9.12. The fraction of sp³-hybridized carbons (Fsp3) is 0.600. The monoisotopic (exact) mass is 267 g/mol. The van der Waals surface area contributed by atoms with Crippen molar-refractivity contribution in [2.45, 2.75) is 52.0 Å². The lowest BCUT2D eigenvalue weighted by Gasteiger charge is -2.23. The van der Waals surface area contributed by atoms with Crippen LogP contribution in [0.1, 0.15) is 57.6 Å². The van der Waals surface area contributed by atoms with Gasteiger partial charge < -0.3 is 5.73 Å². The van der Waals surface area contributed by atoms with Gasteiger partial charge in [0.25, 0.3) is 0 Å². The molecule has 2 atom stereocenters. The number of nitrogen functional groups attached to an aromatic ring is 1. The van der Waals surface area contributed by atoms with Crippen molar-refractivity contribution in [1.29, 1.82) is 0 Å². The Morgan fingerprint density at radius 1 is 1.32 bits per heavy atom. The number of hydrogen-bond acceptors (Lipinski definition) is 3. The van der Waals surface area contributed by atoms with E-state index in [9.17, 15) is 4.39 Å². The SMILES string of the molecule is CCCCC(CC)CC(NN)c1cc(F)ccc1N. The van der Waals surface area contributed by atoms with Crippen LogP contribution in [-0.4, -0.2) is 0 Å². The zero-order valence-electron chi connectivity index (χ0n) is 12.0. The van der Waals surface area contributed by atoms with Gasteiger partial charge in [0.15, 0.2) is 0 Å². The zero-order chi connectivity index (χ0) is 14.3. The molecule has 0 heterocycles. The maximum absolute atomic E-state index is 13.3. The zero-order valence-corrected chi connectivity index (χ0v) is 12.0. The van der Waals surface area contributed by atoms with Crippen molar-refractivity contribution in [2.75, 3.05) is 5.73 Å². The normalized spacial score (nSPS) is 14.3. The van der Waals surface area contributed by atoms with Crippen molar-refractivity contribution < 1.29 is 4.39 Å². The third-order valence-corrected chi connectivity index (χ3v) is 3.74. The first kappa shape index (κ1) is 15.9. The molecule has 3 nitrogen and oxygen atoms in total. The number of halogens is 1. The summed E-state index contributed by atoms with van der Waals surface area (Å²) in [6.07, 6.45) is 5.59. The van der Waals surface area contributed by atoms with Gasteiger partial charge in [-0.3, -0.25) is 11.3 Å². The molecule has 1 aromatic rings. The number of rotatable bonds is 8. The molecule has 0 spiro atoms. The van der Waals surface area contributed by atoms with Gasteiger partial charge in [0.05, 0.1) is 0 Å². The highest BCUT2D eigenvalue weighted by atomic mass is 19.1. The number of anilines is 1. The third kappa shape index (κ3) is 4.80. The molecule has 4 heteroatoms. The number of nitrogens with one attached hydrogen (secondary N) is 1. The summed E-state index contributed by atoms with van der Waals surface area (Å²) in [7, 11) is 0. The first-order valence-corrected chi connectivity index (χ1v) is 7.13. The number of nitrogens with two attached hydrogens (primary N) is 2. The number of hydrazine groups is 1. The molecule has 0 bridgehead atoms. The van der Waals surface area contributed by atoms with Crippen LogP contribution in [0.2, 0.25) is 0 Å². The molecule has 0 aliphatic rings. The molecule has 0 saturated carbocycles. The number of benzene rings is 1. The van der Waals surface area contributed by atoms with Crippen LogP contribution in [0.15, 0.2) is 18.2 Å². The molecular weight excluding hydrogens is 241 g/mol. The Morgan fingerprint density at radius 3 is 2.63 bits per heavy atom. The highest BCUT2D eigenvalue weighted by Crippen LogP contribution is 2.29. The quantitative estimate of drug-likeness (QED) is 0.383. The Balaban J connectivity index is 2.78. The maximum Gasteiger partial charge on any atom is 0.123 e. The molecule has 108 valence electrons. The Labute approximate surface area is 115 Å². The van der Waals surface area contributed by atoms with Crippen LogP contribution in [0.25, 0.3) is 0 Å². The van der Waals surface area contributed by atoms with Gasteiger partial charge in [-0.05, 0) is 36.1 Å². The summed E-state index contributed by atoms with van der Waals surface area (Å²) in [6.45, 7) is 4.37. The molecule has 1 rings (SSSR count). The summed E-state index contributed by atoms with van der Waals surface area (Å²) in [6, 6.07) is 4.37. The molecule has 0 saturated heterocycles. The fourth-order valence-electron chi connectivity index (χ4n) is 2.45. The molecule has 0 aromatic heterocycles. The topological polar surface area (TPSA) is 64.1 Å². The number of hydrogen-bond donors (Lipinski definition) is 3. The van der Waals surface area contributed by atoms with Gasteiger partial charge in [-0.15, -0.1) is 0 Å². The first-order valence-electron chi connectivity index (χ1n) is 7.13. The fourth-order valence-corrected chi connectivity index (χ4v) is 2.45. The molecule has 1 aromatic carbocycles. The lowest BCUT2D eigenvalue weighted by Crippen LogP contribution is -2.30. The Kier molecular flexibility index (Phi) is 6.81. The minimum atomic E-state index is -0.272. The van der Waals surface area contributed by atoms with Crippen LogP contribution in [0, 0.1) is 11.7 Å². The van der Waals surface area contributed by atoms with Gasteiger partial charge in [-0.1, -0.05) is 39.5 Å². The molecule has 2 unspecified atom stereocenters. The van der Waals surface area contributed by atoms with Gasteiger partial charge in [-0.25, -0.2) is 4.39 Å². The summed E-state index contributed by atoms with van der Waals surface area (Å²) in [5.41, 5.74) is 10.1. The largest absolute Gasteiger partial charge is 0.398 e. The predicted octanol–water partition coefficient (Wildman–Crippen LogP) is 3.52. The van der Waals surface area contributed by atoms with Gasteiger partial charge in [0.2, 0.25) is 0 Å².